The number of benzene rings is 2. The minimum absolute atomic E-state index is 0.0349. The van der Waals surface area contributed by atoms with Gasteiger partial charge in [-0.05, 0) is 48.1 Å². The molecule has 2 aromatic rings. The molecule has 170 valence electrons. The zero-order chi connectivity index (χ0) is 23.0. The summed E-state index contributed by atoms with van der Waals surface area (Å²) in [6.07, 6.45) is 0. The van der Waals surface area contributed by atoms with Gasteiger partial charge in [-0.25, -0.2) is 16.8 Å². The quantitative estimate of drug-likeness (QED) is 0.729. The Kier molecular flexibility index (Phi) is 6.53. The molecule has 1 aliphatic heterocycles. The van der Waals surface area contributed by atoms with Crippen molar-refractivity contribution < 1.29 is 21.6 Å². The smallest absolute Gasteiger partial charge is 0.262 e. The van der Waals surface area contributed by atoms with Crippen molar-refractivity contribution in [3.05, 3.63) is 53.1 Å². The number of hydrogen-bond donors (Lipinski definition) is 1. The van der Waals surface area contributed by atoms with Crippen molar-refractivity contribution >= 4 is 25.7 Å². The summed E-state index contributed by atoms with van der Waals surface area (Å²) in [6, 6.07) is 9.83. The van der Waals surface area contributed by atoms with Crippen molar-refractivity contribution in [3.63, 3.8) is 0 Å². The third-order valence-electron chi connectivity index (χ3n) is 5.31. The van der Waals surface area contributed by atoms with Gasteiger partial charge in [-0.2, -0.15) is 4.31 Å². The average Bonchev–Trinajstić information content (AvgIpc) is 2.67. The van der Waals surface area contributed by atoms with Crippen LogP contribution in [0, 0.1) is 13.8 Å². The molecule has 0 atom stereocenters. The first-order valence-electron chi connectivity index (χ1n) is 10.2. The molecule has 1 N–H and O–H groups in total. The van der Waals surface area contributed by atoms with E-state index >= 15 is 0 Å². The molecule has 0 aromatic heterocycles. The van der Waals surface area contributed by atoms with E-state index in [0.29, 0.717) is 24.3 Å². The van der Waals surface area contributed by atoms with E-state index in [1.165, 1.54) is 16.4 Å². The number of rotatable bonds is 5. The summed E-state index contributed by atoms with van der Waals surface area (Å²) in [6.45, 7) is 10.8. The topological polar surface area (TPSA) is 92.8 Å². The Morgan fingerprint density at radius 2 is 1.48 bits per heavy atom. The minimum Gasteiger partial charge on any atom is -0.379 e. The van der Waals surface area contributed by atoms with Gasteiger partial charge in [0.15, 0.2) is 0 Å². The molecule has 31 heavy (non-hydrogen) atoms. The van der Waals surface area contributed by atoms with E-state index in [0.717, 1.165) is 5.56 Å². The molecule has 1 heterocycles. The van der Waals surface area contributed by atoms with E-state index < -0.39 is 20.0 Å². The summed E-state index contributed by atoms with van der Waals surface area (Å²) in [7, 11) is -7.88. The van der Waals surface area contributed by atoms with Crippen LogP contribution in [0.15, 0.2) is 46.2 Å². The molecule has 3 rings (SSSR count). The Bertz CT molecular complexity index is 1150. The molecule has 0 saturated carbocycles. The second-order valence-electron chi connectivity index (χ2n) is 8.81. The zero-order valence-electron chi connectivity index (χ0n) is 18.6. The van der Waals surface area contributed by atoms with Crippen molar-refractivity contribution in [1.82, 2.24) is 4.31 Å². The number of ether oxygens (including phenoxy) is 1. The Morgan fingerprint density at radius 1 is 0.935 bits per heavy atom. The SMILES string of the molecule is Cc1cc(C(C)(C)C)cc(C)c1S(=O)(=O)Nc1ccccc1S(=O)(=O)N1CCOCC1. The third-order valence-corrected chi connectivity index (χ3v) is 8.94. The van der Waals surface area contributed by atoms with Gasteiger partial charge in [0.1, 0.15) is 4.90 Å². The number of morpholine rings is 1. The lowest BCUT2D eigenvalue weighted by Gasteiger charge is -2.27. The van der Waals surface area contributed by atoms with Crippen molar-refractivity contribution in [1.29, 1.82) is 0 Å². The van der Waals surface area contributed by atoms with E-state index in [1.54, 1.807) is 26.0 Å². The molecule has 0 amide bonds. The molecule has 0 bridgehead atoms. The fourth-order valence-electron chi connectivity index (χ4n) is 3.70. The maximum absolute atomic E-state index is 13.3. The summed E-state index contributed by atoms with van der Waals surface area (Å²) >= 11 is 0. The number of nitrogens with zero attached hydrogens (tertiary/aromatic N) is 1. The van der Waals surface area contributed by atoms with Gasteiger partial charge in [0.05, 0.1) is 23.8 Å². The number of hydrogen-bond acceptors (Lipinski definition) is 5. The van der Waals surface area contributed by atoms with Gasteiger partial charge < -0.3 is 4.74 Å². The lowest BCUT2D eigenvalue weighted by Crippen LogP contribution is -2.40. The van der Waals surface area contributed by atoms with Crippen LogP contribution in [0.3, 0.4) is 0 Å². The first-order chi connectivity index (χ1) is 14.3. The van der Waals surface area contributed by atoms with Crippen LogP contribution in [0.4, 0.5) is 5.69 Å². The molecule has 9 heteroatoms. The molecule has 0 radical (unpaired) electrons. The molecular formula is C22H30N2O5S2. The van der Waals surface area contributed by atoms with Crippen molar-refractivity contribution in [2.75, 3.05) is 31.0 Å². The summed E-state index contributed by atoms with van der Waals surface area (Å²) in [5.74, 6) is 0. The molecular weight excluding hydrogens is 436 g/mol. The second kappa shape index (κ2) is 8.54. The van der Waals surface area contributed by atoms with Crippen molar-refractivity contribution in [2.24, 2.45) is 0 Å². The highest BCUT2D eigenvalue weighted by molar-refractivity contribution is 7.93. The van der Waals surface area contributed by atoms with Crippen LogP contribution < -0.4 is 4.72 Å². The molecule has 1 saturated heterocycles. The second-order valence-corrected chi connectivity index (χ2v) is 12.3. The van der Waals surface area contributed by atoms with E-state index in [2.05, 4.69) is 25.5 Å². The summed E-state index contributed by atoms with van der Waals surface area (Å²) in [4.78, 5) is 0.0983. The van der Waals surface area contributed by atoms with Crippen LogP contribution in [0.1, 0.15) is 37.5 Å². The fraction of sp³-hybridized carbons (Fsp3) is 0.455. The van der Waals surface area contributed by atoms with E-state index in [4.69, 9.17) is 4.74 Å². The van der Waals surface area contributed by atoms with E-state index in [1.807, 2.05) is 12.1 Å². The summed E-state index contributed by atoms with van der Waals surface area (Å²) in [5, 5.41) is 0. The van der Waals surface area contributed by atoms with Crippen LogP contribution in [-0.2, 0) is 30.2 Å². The van der Waals surface area contributed by atoms with E-state index in [-0.39, 0.29) is 34.0 Å². The van der Waals surface area contributed by atoms with Crippen LogP contribution in [0.5, 0.6) is 0 Å². The Balaban J connectivity index is 2.02. The van der Waals surface area contributed by atoms with Crippen LogP contribution in [0.2, 0.25) is 0 Å². The Hall–Kier alpha value is -1.94. The highest BCUT2D eigenvalue weighted by atomic mass is 32.2. The van der Waals surface area contributed by atoms with Crippen LogP contribution in [-0.4, -0.2) is 47.4 Å². The molecule has 7 nitrogen and oxygen atoms in total. The number of nitrogens with one attached hydrogen (secondary N) is 1. The number of aryl methyl sites for hydroxylation is 2. The van der Waals surface area contributed by atoms with Crippen LogP contribution in [0.25, 0.3) is 0 Å². The minimum atomic E-state index is -4.01. The maximum Gasteiger partial charge on any atom is 0.262 e. The van der Waals surface area contributed by atoms with Gasteiger partial charge in [0.2, 0.25) is 10.0 Å². The molecule has 2 aromatic carbocycles. The first-order valence-corrected chi connectivity index (χ1v) is 13.1. The van der Waals surface area contributed by atoms with Crippen molar-refractivity contribution in [2.45, 2.75) is 49.8 Å². The fourth-order valence-corrected chi connectivity index (χ4v) is 6.86. The molecule has 0 aliphatic carbocycles. The predicted molar refractivity (Wildman–Crippen MR) is 121 cm³/mol. The average molecular weight is 467 g/mol. The van der Waals surface area contributed by atoms with Gasteiger partial charge in [0, 0.05) is 13.1 Å². The van der Waals surface area contributed by atoms with Gasteiger partial charge in [-0.1, -0.05) is 45.0 Å². The lowest BCUT2D eigenvalue weighted by molar-refractivity contribution is 0.0730. The van der Waals surface area contributed by atoms with E-state index in [9.17, 15) is 16.8 Å². The van der Waals surface area contributed by atoms with Gasteiger partial charge in [-0.3, -0.25) is 4.72 Å². The summed E-state index contributed by atoms with van der Waals surface area (Å²) in [5.41, 5.74) is 2.19. The van der Waals surface area contributed by atoms with Gasteiger partial charge in [0.25, 0.3) is 10.0 Å². The highest BCUT2D eigenvalue weighted by Gasteiger charge is 2.30. The van der Waals surface area contributed by atoms with Crippen LogP contribution >= 0.6 is 0 Å². The normalized spacial score (nSPS) is 16.3. The van der Waals surface area contributed by atoms with Gasteiger partial charge in [-0.15, -0.1) is 0 Å². The molecule has 1 aliphatic rings. The molecule has 0 unspecified atom stereocenters. The standard InChI is InChI=1S/C22H30N2O5S2/c1-16-14-18(22(3,4)5)15-17(2)21(16)30(25,26)23-19-8-6-7-9-20(19)31(27,28)24-10-12-29-13-11-24/h6-9,14-15,23H,10-13H2,1-5H3. The van der Waals surface area contributed by atoms with Crippen molar-refractivity contribution in [3.8, 4) is 0 Å². The largest absolute Gasteiger partial charge is 0.379 e. The lowest BCUT2D eigenvalue weighted by atomic mass is 9.85. The molecule has 1 fully saturated rings. The molecule has 0 spiro atoms. The number of anilines is 1. The Morgan fingerprint density at radius 3 is 2.03 bits per heavy atom. The first kappa shape index (κ1) is 23.7. The predicted octanol–water partition coefficient (Wildman–Crippen LogP) is 3.42. The maximum atomic E-state index is 13.3. The van der Waals surface area contributed by atoms with Gasteiger partial charge >= 0.3 is 0 Å². The third kappa shape index (κ3) is 4.95. The number of para-hydroxylation sites is 1. The Labute approximate surface area is 185 Å². The monoisotopic (exact) mass is 466 g/mol. The summed E-state index contributed by atoms with van der Waals surface area (Å²) < 4.78 is 62.0. The number of sulfonamides is 2. The highest BCUT2D eigenvalue weighted by Crippen LogP contribution is 2.32. The zero-order valence-corrected chi connectivity index (χ0v) is 20.2.